The van der Waals surface area contributed by atoms with E-state index in [0.29, 0.717) is 5.02 Å². The van der Waals surface area contributed by atoms with Gasteiger partial charge in [-0.15, -0.1) is 0 Å². The van der Waals surface area contributed by atoms with Gasteiger partial charge in [0.05, 0.1) is 16.1 Å². The van der Waals surface area contributed by atoms with Crippen LogP contribution >= 0.6 is 11.6 Å². The number of halogens is 3. The Balaban J connectivity index is 2.39. The van der Waals surface area contributed by atoms with Crippen molar-refractivity contribution in [2.75, 3.05) is 0 Å². The lowest BCUT2D eigenvalue weighted by Gasteiger charge is -1.98. The van der Waals surface area contributed by atoms with E-state index >= 15 is 0 Å². The van der Waals surface area contributed by atoms with E-state index < -0.39 is 0 Å². The van der Waals surface area contributed by atoms with Crippen molar-refractivity contribution in [3.8, 4) is 11.1 Å². The minimum Gasteiger partial charge on any atom is -0.206 e. The number of hydrogen-bond donors (Lipinski definition) is 0. The minimum absolute atomic E-state index is 0.154. The fourth-order valence-corrected chi connectivity index (χ4v) is 5.20. The maximum atomic E-state index is 13.7. The molecule has 0 atom stereocenters. The Morgan fingerprint density at radius 1 is 0.933 bits per heavy atom. The van der Waals surface area contributed by atoms with Gasteiger partial charge in [0.25, 0.3) is 0 Å². The molecule has 0 amide bonds. The molecule has 0 aromatic heterocycles. The molecule has 0 bridgehead atoms. The smallest absolute Gasteiger partial charge is 0.206 e. The molecule has 3 rings (SSSR count). The van der Waals surface area contributed by atoms with Gasteiger partial charge < -0.3 is 0 Å². The van der Waals surface area contributed by atoms with Crippen LogP contribution in [0.5, 0.6) is 0 Å². The molecule has 2 aromatic carbocycles. The van der Waals surface area contributed by atoms with Crippen molar-refractivity contribution in [3.63, 3.8) is 0 Å². The third kappa shape index (κ3) is 1.39. The van der Waals surface area contributed by atoms with Crippen molar-refractivity contribution in [3.05, 3.63) is 54.4 Å². The highest BCUT2D eigenvalue weighted by atomic mass is 127. The molecule has 0 spiro atoms. The Labute approximate surface area is 102 Å². The van der Waals surface area contributed by atoms with Crippen LogP contribution in [0.15, 0.2) is 36.4 Å². The van der Waals surface area contributed by atoms with Crippen molar-refractivity contribution in [2.24, 2.45) is 0 Å². The zero-order valence-electron chi connectivity index (χ0n) is 7.60. The molecule has 0 N–H and O–H groups in total. The van der Waals surface area contributed by atoms with Crippen LogP contribution in [-0.4, -0.2) is 0 Å². The monoisotopic (exact) mass is 331 g/mol. The highest BCUT2D eigenvalue weighted by Crippen LogP contribution is 2.31. The first-order valence-corrected chi connectivity index (χ1v) is 7.03. The lowest BCUT2D eigenvalue weighted by molar-refractivity contribution is -0.590. The van der Waals surface area contributed by atoms with Crippen molar-refractivity contribution in [1.29, 1.82) is 0 Å². The summed E-state index contributed by atoms with van der Waals surface area (Å²) in [6.45, 7) is 0. The summed E-state index contributed by atoms with van der Waals surface area (Å²) in [5.41, 5.74) is 1.64. The normalized spacial score (nSPS) is 12.4. The molecule has 2 aromatic rings. The molecule has 1 aliphatic heterocycles. The fraction of sp³-hybridized carbons (Fsp3) is 0. The molecule has 1 aliphatic rings. The predicted octanol–water partition coefficient (Wildman–Crippen LogP) is 0.588. The molecule has 0 nitrogen and oxygen atoms in total. The van der Waals surface area contributed by atoms with Crippen LogP contribution in [0, 0.1) is 13.0 Å². The summed E-state index contributed by atoms with van der Waals surface area (Å²) in [6.07, 6.45) is 0. The summed E-state index contributed by atoms with van der Waals surface area (Å²) in [5, 5.41) is 0.663. The zero-order chi connectivity index (χ0) is 10.4. The van der Waals surface area contributed by atoms with Gasteiger partial charge in [0.15, 0.2) is 0 Å². The summed E-state index contributed by atoms with van der Waals surface area (Å²) in [4.78, 5) is 0. The first-order valence-electron chi connectivity index (χ1n) is 4.49. The first kappa shape index (κ1) is 9.60. The van der Waals surface area contributed by atoms with Crippen LogP contribution in [-0.2, 0) is 0 Å². The summed E-state index contributed by atoms with van der Waals surface area (Å²) in [6, 6.07) is 11.1. The molecular weight excluding hydrogens is 325 g/mol. The first-order chi connectivity index (χ1) is 7.27. The molecule has 15 heavy (non-hydrogen) atoms. The van der Waals surface area contributed by atoms with Crippen molar-refractivity contribution >= 4 is 11.6 Å². The molecule has 0 aliphatic carbocycles. The van der Waals surface area contributed by atoms with Gasteiger partial charge >= 0.3 is 21.2 Å². The zero-order valence-corrected chi connectivity index (χ0v) is 10.5. The van der Waals surface area contributed by atoms with Crippen LogP contribution in [0.3, 0.4) is 0 Å². The predicted molar refractivity (Wildman–Crippen MR) is 54.2 cm³/mol. The third-order valence-corrected chi connectivity index (χ3v) is 5.65. The van der Waals surface area contributed by atoms with E-state index in [0.717, 1.165) is 14.7 Å². The fourth-order valence-electron chi connectivity index (χ4n) is 1.74. The molecule has 74 valence electrons. The van der Waals surface area contributed by atoms with Crippen molar-refractivity contribution in [1.82, 2.24) is 0 Å². The topological polar surface area (TPSA) is 0 Å². The van der Waals surface area contributed by atoms with Gasteiger partial charge in [-0.2, -0.15) is 0 Å². The second-order valence-corrected chi connectivity index (χ2v) is 6.56. The summed E-state index contributed by atoms with van der Waals surface area (Å²) in [7, 11) is 0. The van der Waals surface area contributed by atoms with Crippen LogP contribution in [0.1, 0.15) is 0 Å². The molecule has 1 heterocycles. The molecule has 0 unspecified atom stereocenters. The van der Waals surface area contributed by atoms with E-state index in [1.54, 1.807) is 6.07 Å². The van der Waals surface area contributed by atoms with Crippen LogP contribution in [0.2, 0.25) is 5.02 Å². The van der Waals surface area contributed by atoms with Gasteiger partial charge in [-0.25, -0.2) is 4.39 Å². The van der Waals surface area contributed by atoms with E-state index in [9.17, 15) is 4.39 Å². The number of fused-ring (bicyclic) bond motifs is 3. The SMILES string of the molecule is Fc1cccc2c1-c1c(Cl)cccc1[I+]2. The van der Waals surface area contributed by atoms with Crippen LogP contribution in [0.4, 0.5) is 4.39 Å². The van der Waals surface area contributed by atoms with Gasteiger partial charge in [0, 0.05) is 0 Å². The Hall–Kier alpha value is -0.610. The van der Waals surface area contributed by atoms with Gasteiger partial charge in [-0.05, 0) is 24.3 Å². The van der Waals surface area contributed by atoms with Crippen LogP contribution < -0.4 is 21.2 Å². The highest BCUT2D eigenvalue weighted by Gasteiger charge is 2.36. The van der Waals surface area contributed by atoms with Crippen molar-refractivity contribution < 1.29 is 25.6 Å². The third-order valence-electron chi connectivity index (χ3n) is 2.38. The lowest BCUT2D eigenvalue weighted by atomic mass is 10.1. The van der Waals surface area contributed by atoms with Gasteiger partial charge in [0.1, 0.15) is 5.82 Å². The molecule has 0 fully saturated rings. The van der Waals surface area contributed by atoms with E-state index in [-0.39, 0.29) is 27.0 Å². The Bertz CT molecular complexity index is 502. The Kier molecular flexibility index (Phi) is 2.21. The standard InChI is InChI=1S/C12H6ClFI/c13-7-3-1-5-9-11(7)12-8(14)4-2-6-10(12)15-9/h1-6H/q+1. The summed E-state index contributed by atoms with van der Waals surface area (Å²) < 4.78 is 16.1. The second kappa shape index (κ2) is 3.46. The number of rotatable bonds is 0. The maximum Gasteiger partial charge on any atom is 0.359 e. The quantitative estimate of drug-likeness (QED) is 0.529. The van der Waals surface area contributed by atoms with E-state index in [2.05, 4.69) is 0 Å². The van der Waals surface area contributed by atoms with Gasteiger partial charge in [-0.3, -0.25) is 0 Å². The summed E-state index contributed by atoms with van der Waals surface area (Å²) >= 11 is 5.87. The van der Waals surface area contributed by atoms with E-state index in [1.807, 2.05) is 24.3 Å². The maximum absolute atomic E-state index is 13.7. The van der Waals surface area contributed by atoms with Gasteiger partial charge in [0.2, 0.25) is 7.14 Å². The largest absolute Gasteiger partial charge is 0.359 e. The van der Waals surface area contributed by atoms with Crippen molar-refractivity contribution in [2.45, 2.75) is 0 Å². The average Bonchev–Trinajstić information content (AvgIpc) is 2.58. The molecule has 0 saturated heterocycles. The van der Waals surface area contributed by atoms with Gasteiger partial charge in [-0.1, -0.05) is 23.7 Å². The number of hydrogen-bond acceptors (Lipinski definition) is 0. The average molecular weight is 332 g/mol. The second-order valence-electron chi connectivity index (χ2n) is 3.29. The highest BCUT2D eigenvalue weighted by molar-refractivity contribution is 6.33. The minimum atomic E-state index is -0.255. The summed E-state index contributed by atoms with van der Waals surface area (Å²) in [5.74, 6) is -0.154. The molecule has 0 radical (unpaired) electrons. The molecular formula is C12H6ClFI+. The Morgan fingerprint density at radius 2 is 1.60 bits per heavy atom. The molecule has 3 heteroatoms. The van der Waals surface area contributed by atoms with E-state index in [1.165, 1.54) is 9.64 Å². The van der Waals surface area contributed by atoms with Crippen LogP contribution in [0.25, 0.3) is 11.1 Å². The lowest BCUT2D eigenvalue weighted by Crippen LogP contribution is -3.61. The van der Waals surface area contributed by atoms with E-state index in [4.69, 9.17) is 11.6 Å². The number of benzene rings is 2. The molecule has 0 saturated carbocycles. The Morgan fingerprint density at radius 3 is 2.40 bits per heavy atom.